The van der Waals surface area contributed by atoms with Crippen molar-refractivity contribution >= 4 is 5.78 Å². The first-order valence-corrected chi connectivity index (χ1v) is 7.34. The second-order valence-electron chi connectivity index (χ2n) is 4.91. The molecule has 0 heterocycles. The summed E-state index contributed by atoms with van der Waals surface area (Å²) in [6, 6.07) is 7.83. The molecule has 23 heavy (non-hydrogen) atoms. The predicted octanol–water partition coefficient (Wildman–Crippen LogP) is 3.62. The monoisotopic (exact) mass is 348 g/mol. The second kappa shape index (κ2) is 11.7. The van der Waals surface area contributed by atoms with Gasteiger partial charge in [-0.1, -0.05) is 12.1 Å². The standard InChI is InChI=1S/C15H15O2.C5H5.Fe/c1-17-14-9-6-12(7-10-14)8-11-15(16)13-4-2-3-5-13;1-2-4-5-3-1;/h2-7,9-10H,8,11H2,1H3;1-5H;/q;;+2. The van der Waals surface area contributed by atoms with E-state index in [0.29, 0.717) is 6.42 Å². The summed E-state index contributed by atoms with van der Waals surface area (Å²) < 4.78 is 5.09. The Kier molecular flexibility index (Phi) is 10.3. The molecule has 0 saturated heterocycles. The number of rotatable bonds is 5. The number of Topliss-reactive ketones (excluding diaryl/α,β-unsaturated/α-hetero) is 1. The zero-order valence-corrected chi connectivity index (χ0v) is 14.2. The van der Waals surface area contributed by atoms with Crippen molar-refractivity contribution in [3.8, 4) is 5.75 Å². The van der Waals surface area contributed by atoms with Gasteiger partial charge in [0.2, 0.25) is 0 Å². The summed E-state index contributed by atoms with van der Waals surface area (Å²) >= 11 is 0. The van der Waals surface area contributed by atoms with E-state index in [1.807, 2.05) is 82.1 Å². The van der Waals surface area contributed by atoms with Crippen LogP contribution in [0.25, 0.3) is 0 Å². The van der Waals surface area contributed by atoms with Crippen LogP contribution in [0.2, 0.25) is 0 Å². The van der Waals surface area contributed by atoms with Crippen LogP contribution >= 0.6 is 0 Å². The zero-order chi connectivity index (χ0) is 15.6. The van der Waals surface area contributed by atoms with E-state index in [4.69, 9.17) is 4.74 Å². The molecule has 0 spiro atoms. The van der Waals surface area contributed by atoms with Crippen molar-refractivity contribution in [1.82, 2.24) is 0 Å². The predicted molar refractivity (Wildman–Crippen MR) is 88.3 cm³/mol. The molecule has 0 aromatic heterocycles. The van der Waals surface area contributed by atoms with Gasteiger partial charge in [-0.3, -0.25) is 4.79 Å². The molecule has 3 rings (SSSR count). The van der Waals surface area contributed by atoms with Gasteiger partial charge in [-0.2, -0.15) is 0 Å². The van der Waals surface area contributed by atoms with Gasteiger partial charge >= 0.3 is 17.1 Å². The van der Waals surface area contributed by atoms with E-state index in [2.05, 4.69) is 0 Å². The topological polar surface area (TPSA) is 26.3 Å². The first-order chi connectivity index (χ1) is 10.8. The molecule has 0 atom stereocenters. The Bertz CT molecular complexity index is 424. The molecule has 0 amide bonds. The third kappa shape index (κ3) is 7.54. The number of carbonyl (C=O) groups is 1. The van der Waals surface area contributed by atoms with Crippen molar-refractivity contribution in [3.63, 3.8) is 0 Å². The number of ether oxygens (including phenoxy) is 1. The maximum atomic E-state index is 11.8. The van der Waals surface area contributed by atoms with Gasteiger partial charge in [0.25, 0.3) is 0 Å². The van der Waals surface area contributed by atoms with Gasteiger partial charge in [0.15, 0.2) is 0 Å². The van der Waals surface area contributed by atoms with Gasteiger partial charge < -0.3 is 4.74 Å². The largest absolute Gasteiger partial charge is 2.00 e. The number of methoxy groups -OCH3 is 1. The Morgan fingerprint density at radius 1 is 0.870 bits per heavy atom. The molecule has 2 aliphatic rings. The SMILES string of the molecule is COc1ccc(CCC(=O)[C]2[CH][CH][CH][CH]2)cc1.[CH]1[CH][CH][CH][CH]1.[Fe+2]. The van der Waals surface area contributed by atoms with Crippen LogP contribution < -0.4 is 4.74 Å². The van der Waals surface area contributed by atoms with E-state index >= 15 is 0 Å². The summed E-state index contributed by atoms with van der Waals surface area (Å²) in [7, 11) is 1.65. The minimum atomic E-state index is 0. The van der Waals surface area contributed by atoms with Crippen LogP contribution in [0.4, 0.5) is 0 Å². The molecule has 2 nitrogen and oxygen atoms in total. The normalized spacial score (nSPS) is 17.1. The van der Waals surface area contributed by atoms with Gasteiger partial charge in [0.05, 0.1) is 7.11 Å². The number of hydrogen-bond donors (Lipinski definition) is 0. The maximum absolute atomic E-state index is 11.8. The summed E-state index contributed by atoms with van der Waals surface area (Å²) in [6.07, 6.45) is 18.8. The average molecular weight is 348 g/mol. The molecule has 0 bridgehead atoms. The van der Waals surface area contributed by atoms with E-state index in [1.54, 1.807) is 7.11 Å². The fourth-order valence-corrected chi connectivity index (χ4v) is 2.08. The molecule has 10 radical (unpaired) electrons. The Labute approximate surface area is 151 Å². The summed E-state index contributed by atoms with van der Waals surface area (Å²) in [5, 5.41) is 0. The Morgan fingerprint density at radius 2 is 1.39 bits per heavy atom. The van der Waals surface area contributed by atoms with Crippen molar-refractivity contribution in [3.05, 3.63) is 93.5 Å². The van der Waals surface area contributed by atoms with Crippen molar-refractivity contribution < 1.29 is 26.6 Å². The summed E-state index contributed by atoms with van der Waals surface area (Å²) in [5.41, 5.74) is 1.16. The maximum Gasteiger partial charge on any atom is 2.00 e. The van der Waals surface area contributed by atoms with E-state index in [1.165, 1.54) is 0 Å². The van der Waals surface area contributed by atoms with Crippen LogP contribution in [0.15, 0.2) is 24.3 Å². The molecule has 2 fully saturated rings. The quantitative estimate of drug-likeness (QED) is 0.760. The molecule has 2 aliphatic carbocycles. The van der Waals surface area contributed by atoms with Crippen LogP contribution in [-0.2, 0) is 28.3 Å². The van der Waals surface area contributed by atoms with Crippen LogP contribution in [-0.4, -0.2) is 12.9 Å². The molecule has 1 aromatic rings. The Balaban J connectivity index is 0.000000377. The smallest absolute Gasteiger partial charge is 0.497 e. The van der Waals surface area contributed by atoms with E-state index in [0.717, 1.165) is 23.7 Å². The fourth-order valence-electron chi connectivity index (χ4n) is 2.08. The number of hydrogen-bond acceptors (Lipinski definition) is 2. The van der Waals surface area contributed by atoms with Crippen LogP contribution in [0, 0.1) is 63.7 Å². The van der Waals surface area contributed by atoms with Crippen molar-refractivity contribution in [2.24, 2.45) is 0 Å². The number of aryl methyl sites for hydroxylation is 1. The van der Waals surface area contributed by atoms with Gasteiger partial charge in [-0.15, -0.1) is 0 Å². The zero-order valence-electron chi connectivity index (χ0n) is 13.1. The Hall–Kier alpha value is -0.791. The molecule has 0 unspecified atom stereocenters. The second-order valence-corrected chi connectivity index (χ2v) is 4.91. The number of carbonyl (C=O) groups excluding carboxylic acids is 1. The summed E-state index contributed by atoms with van der Waals surface area (Å²) in [5.74, 6) is 1.85. The molecule has 0 N–H and O–H groups in total. The van der Waals surface area contributed by atoms with Crippen molar-refractivity contribution in [2.75, 3.05) is 7.11 Å². The van der Waals surface area contributed by atoms with Crippen molar-refractivity contribution in [1.29, 1.82) is 0 Å². The molecular weight excluding hydrogens is 328 g/mol. The average Bonchev–Trinajstić information content (AvgIpc) is 3.28. The van der Waals surface area contributed by atoms with E-state index in [-0.39, 0.29) is 22.9 Å². The molecular formula is C20H20FeO2+2. The van der Waals surface area contributed by atoms with E-state index < -0.39 is 0 Å². The third-order valence-corrected chi connectivity index (χ3v) is 3.34. The van der Waals surface area contributed by atoms with Crippen LogP contribution in [0.5, 0.6) is 5.75 Å². The molecule has 2 saturated carbocycles. The van der Waals surface area contributed by atoms with Crippen LogP contribution in [0.1, 0.15) is 12.0 Å². The molecule has 1 aromatic carbocycles. The van der Waals surface area contributed by atoms with Gasteiger partial charge in [0, 0.05) is 12.3 Å². The first-order valence-electron chi connectivity index (χ1n) is 7.34. The molecule has 0 aliphatic heterocycles. The molecule has 3 heteroatoms. The fraction of sp³-hybridized carbons (Fsp3) is 0.150. The van der Waals surface area contributed by atoms with E-state index in [9.17, 15) is 4.79 Å². The minimum Gasteiger partial charge on any atom is -0.497 e. The Morgan fingerprint density at radius 3 is 1.87 bits per heavy atom. The summed E-state index contributed by atoms with van der Waals surface area (Å²) in [6.45, 7) is 0. The number of benzene rings is 1. The first kappa shape index (κ1) is 20.3. The minimum absolute atomic E-state index is 0. The number of ketones is 1. The van der Waals surface area contributed by atoms with Gasteiger partial charge in [0.1, 0.15) is 11.5 Å². The molecule has 118 valence electrons. The van der Waals surface area contributed by atoms with Gasteiger partial charge in [-0.25, -0.2) is 0 Å². The van der Waals surface area contributed by atoms with Crippen LogP contribution in [0.3, 0.4) is 0 Å². The van der Waals surface area contributed by atoms with Gasteiger partial charge in [-0.05, 0) is 81.9 Å². The third-order valence-electron chi connectivity index (χ3n) is 3.34. The summed E-state index contributed by atoms with van der Waals surface area (Å²) in [4.78, 5) is 11.8. The van der Waals surface area contributed by atoms with Crippen molar-refractivity contribution in [2.45, 2.75) is 12.8 Å².